The summed E-state index contributed by atoms with van der Waals surface area (Å²) in [5, 5.41) is 9.46. The summed E-state index contributed by atoms with van der Waals surface area (Å²) in [5.41, 5.74) is 1.06. The molecule has 0 saturated heterocycles. The molecule has 1 saturated carbocycles. The summed E-state index contributed by atoms with van der Waals surface area (Å²) in [4.78, 5) is 10.9. The second-order valence-corrected chi connectivity index (χ2v) is 4.69. The highest BCUT2D eigenvalue weighted by Gasteiger charge is 2.57. The molecule has 1 aromatic carbocycles. The lowest BCUT2D eigenvalue weighted by Gasteiger charge is -2.21. The molecule has 0 amide bonds. The number of hydrogen-bond acceptors (Lipinski definition) is 2. The highest BCUT2D eigenvalue weighted by atomic mass is 16.3. The number of aromatic hydroxyl groups is 1. The zero-order chi connectivity index (χ0) is 11.1. The van der Waals surface area contributed by atoms with E-state index in [1.165, 1.54) is 0 Å². The predicted octanol–water partition coefficient (Wildman–Crippen LogP) is 2.50. The zero-order valence-electron chi connectivity index (χ0n) is 9.10. The van der Waals surface area contributed by atoms with Crippen molar-refractivity contribution in [2.45, 2.75) is 25.7 Å². The largest absolute Gasteiger partial charge is 0.508 e. The number of rotatable bonds is 3. The fourth-order valence-electron chi connectivity index (χ4n) is 2.60. The summed E-state index contributed by atoms with van der Waals surface area (Å²) in [6, 6.07) is 7.29. The molecule has 0 bridgehead atoms. The molecule has 2 heteroatoms. The number of phenolic OH excluding ortho intramolecular Hbond substituents is 1. The fourth-order valence-corrected chi connectivity index (χ4v) is 2.60. The number of aldehydes is 1. The van der Waals surface area contributed by atoms with E-state index in [0.717, 1.165) is 18.3 Å². The van der Waals surface area contributed by atoms with E-state index in [1.807, 2.05) is 12.1 Å². The van der Waals surface area contributed by atoms with E-state index in [-0.39, 0.29) is 17.1 Å². The van der Waals surface area contributed by atoms with Crippen LogP contribution in [0.3, 0.4) is 0 Å². The summed E-state index contributed by atoms with van der Waals surface area (Å²) in [6.07, 6.45) is 1.96. The summed E-state index contributed by atoms with van der Waals surface area (Å²) in [5.74, 6) is 0.831. The van der Waals surface area contributed by atoms with Gasteiger partial charge in [-0.1, -0.05) is 26.0 Å². The lowest BCUT2D eigenvalue weighted by molar-refractivity contribution is -0.109. The number of phenols is 1. The van der Waals surface area contributed by atoms with Crippen LogP contribution in [0.5, 0.6) is 5.75 Å². The molecule has 1 fully saturated rings. The van der Waals surface area contributed by atoms with Crippen molar-refractivity contribution < 1.29 is 9.90 Å². The number of hydrogen-bond donors (Lipinski definition) is 1. The van der Waals surface area contributed by atoms with Crippen LogP contribution in [0.2, 0.25) is 0 Å². The third kappa shape index (κ3) is 1.44. The third-order valence-corrected chi connectivity index (χ3v) is 3.64. The van der Waals surface area contributed by atoms with E-state index < -0.39 is 0 Å². The Bertz CT molecular complexity index is 384. The first-order chi connectivity index (χ1) is 7.11. The lowest BCUT2D eigenvalue weighted by atomic mass is 9.83. The fraction of sp³-hybridized carbons (Fsp3) is 0.462. The Kier molecular flexibility index (Phi) is 2.29. The molecule has 15 heavy (non-hydrogen) atoms. The molecule has 1 aromatic rings. The van der Waals surface area contributed by atoms with Crippen LogP contribution in [0.25, 0.3) is 0 Å². The maximum absolute atomic E-state index is 10.9. The van der Waals surface area contributed by atoms with Gasteiger partial charge in [0, 0.05) is 11.3 Å². The van der Waals surface area contributed by atoms with Crippen molar-refractivity contribution in [3.63, 3.8) is 0 Å². The van der Waals surface area contributed by atoms with Gasteiger partial charge in [0.1, 0.15) is 12.0 Å². The van der Waals surface area contributed by atoms with Crippen molar-refractivity contribution in [2.24, 2.45) is 11.8 Å². The average Bonchev–Trinajstić information content (AvgIpc) is 2.93. The van der Waals surface area contributed by atoms with Crippen LogP contribution in [0, 0.1) is 11.8 Å². The Hall–Kier alpha value is -1.31. The normalized spacial score (nSPS) is 29.1. The van der Waals surface area contributed by atoms with Gasteiger partial charge in [0.15, 0.2) is 0 Å². The van der Waals surface area contributed by atoms with Crippen molar-refractivity contribution in [2.75, 3.05) is 0 Å². The molecule has 1 N–H and O–H groups in total. The molecule has 2 unspecified atom stereocenters. The first-order valence-electron chi connectivity index (χ1n) is 5.36. The van der Waals surface area contributed by atoms with Crippen LogP contribution in [-0.2, 0) is 10.2 Å². The molecule has 0 spiro atoms. The van der Waals surface area contributed by atoms with E-state index in [4.69, 9.17) is 0 Å². The second-order valence-electron chi connectivity index (χ2n) is 4.69. The van der Waals surface area contributed by atoms with E-state index in [9.17, 15) is 9.90 Å². The number of carbonyl (C=O) groups excluding carboxylic acids is 1. The molecule has 80 valence electrons. The van der Waals surface area contributed by atoms with Gasteiger partial charge >= 0.3 is 0 Å². The van der Waals surface area contributed by atoms with Gasteiger partial charge in [0.05, 0.1) is 0 Å². The van der Waals surface area contributed by atoms with Crippen molar-refractivity contribution in [3.05, 3.63) is 29.8 Å². The molecule has 0 radical (unpaired) electrons. The van der Waals surface area contributed by atoms with Crippen LogP contribution in [0.15, 0.2) is 24.3 Å². The SMILES string of the molecule is CC(C)C1(c2cccc(O)c2)CC1C=O. The lowest BCUT2D eigenvalue weighted by Crippen LogP contribution is -2.18. The topological polar surface area (TPSA) is 37.3 Å². The standard InChI is InChI=1S/C13H16O2/c1-9(2)13(7-11(13)8-14)10-4-3-5-12(15)6-10/h3-6,8-9,11,15H,7H2,1-2H3. The predicted molar refractivity (Wildman–Crippen MR) is 58.8 cm³/mol. The van der Waals surface area contributed by atoms with Crippen molar-refractivity contribution >= 4 is 6.29 Å². The Labute approximate surface area is 89.9 Å². The van der Waals surface area contributed by atoms with Gasteiger partial charge in [-0.05, 0) is 30.0 Å². The first-order valence-corrected chi connectivity index (χ1v) is 5.36. The molecule has 0 heterocycles. The van der Waals surface area contributed by atoms with E-state index in [0.29, 0.717) is 5.92 Å². The monoisotopic (exact) mass is 204 g/mol. The number of benzene rings is 1. The van der Waals surface area contributed by atoms with Crippen LogP contribution in [0.1, 0.15) is 25.8 Å². The van der Waals surface area contributed by atoms with Gasteiger partial charge in [-0.25, -0.2) is 0 Å². The summed E-state index contributed by atoms with van der Waals surface area (Å²) in [7, 11) is 0. The van der Waals surface area contributed by atoms with Gasteiger partial charge in [-0.3, -0.25) is 0 Å². The van der Waals surface area contributed by atoms with Crippen LogP contribution in [0.4, 0.5) is 0 Å². The quantitative estimate of drug-likeness (QED) is 0.768. The minimum absolute atomic E-state index is 0.0273. The zero-order valence-corrected chi connectivity index (χ0v) is 9.10. The van der Waals surface area contributed by atoms with Gasteiger partial charge in [-0.2, -0.15) is 0 Å². The Morgan fingerprint density at radius 2 is 2.27 bits per heavy atom. The molecular weight excluding hydrogens is 188 g/mol. The van der Waals surface area contributed by atoms with Crippen molar-refractivity contribution in [1.29, 1.82) is 0 Å². The smallest absolute Gasteiger partial charge is 0.124 e. The Balaban J connectivity index is 2.40. The van der Waals surface area contributed by atoms with Gasteiger partial charge in [-0.15, -0.1) is 0 Å². The van der Waals surface area contributed by atoms with Crippen LogP contribution < -0.4 is 0 Å². The highest BCUT2D eigenvalue weighted by Crippen LogP contribution is 2.58. The summed E-state index contributed by atoms with van der Waals surface area (Å²) < 4.78 is 0. The Morgan fingerprint density at radius 3 is 2.73 bits per heavy atom. The average molecular weight is 204 g/mol. The maximum Gasteiger partial charge on any atom is 0.124 e. The van der Waals surface area contributed by atoms with E-state index in [2.05, 4.69) is 13.8 Å². The Morgan fingerprint density at radius 1 is 1.53 bits per heavy atom. The second kappa shape index (κ2) is 3.37. The minimum atomic E-state index is -0.0273. The molecule has 0 aliphatic heterocycles. The van der Waals surface area contributed by atoms with Crippen LogP contribution in [-0.4, -0.2) is 11.4 Å². The maximum atomic E-state index is 10.9. The minimum Gasteiger partial charge on any atom is -0.508 e. The summed E-state index contributed by atoms with van der Waals surface area (Å²) in [6.45, 7) is 4.26. The van der Waals surface area contributed by atoms with Gasteiger partial charge in [0.2, 0.25) is 0 Å². The molecule has 2 nitrogen and oxygen atoms in total. The van der Waals surface area contributed by atoms with Crippen molar-refractivity contribution in [3.8, 4) is 5.75 Å². The van der Waals surface area contributed by atoms with Crippen molar-refractivity contribution in [1.82, 2.24) is 0 Å². The van der Waals surface area contributed by atoms with Gasteiger partial charge in [0.25, 0.3) is 0 Å². The number of carbonyl (C=O) groups is 1. The summed E-state index contributed by atoms with van der Waals surface area (Å²) >= 11 is 0. The highest BCUT2D eigenvalue weighted by molar-refractivity contribution is 5.65. The molecule has 0 aromatic heterocycles. The van der Waals surface area contributed by atoms with E-state index in [1.54, 1.807) is 12.1 Å². The molecule has 2 rings (SSSR count). The van der Waals surface area contributed by atoms with Gasteiger partial charge < -0.3 is 9.90 Å². The van der Waals surface area contributed by atoms with Crippen LogP contribution >= 0.6 is 0 Å². The van der Waals surface area contributed by atoms with E-state index >= 15 is 0 Å². The molecule has 1 aliphatic carbocycles. The molecule has 2 atom stereocenters. The first kappa shape index (κ1) is 10.2. The molecular formula is C13H16O2. The molecule has 1 aliphatic rings. The third-order valence-electron chi connectivity index (χ3n) is 3.64.